The monoisotopic (exact) mass is 1260 g/mol. The van der Waals surface area contributed by atoms with Gasteiger partial charge in [-0.15, -0.1) is 0 Å². The van der Waals surface area contributed by atoms with E-state index in [0.29, 0.717) is 5.75 Å². The highest BCUT2D eigenvalue weighted by Crippen LogP contribution is 2.54. The molecule has 0 saturated carbocycles. The largest absolute Gasteiger partial charge is 0.569 e. The van der Waals surface area contributed by atoms with Crippen LogP contribution in [-0.4, -0.2) is 19.9 Å². The van der Waals surface area contributed by atoms with Crippen LogP contribution < -0.4 is 4.65 Å². The molecule has 15 aromatic carbocycles. The summed E-state index contributed by atoms with van der Waals surface area (Å²) in [5, 5.41) is 32.5. The molecule has 0 aliphatic heterocycles. The van der Waals surface area contributed by atoms with Crippen LogP contribution in [-0.2, 0) is 19.3 Å². The number of allylic oxidation sites excluding steroid dienone is 3. The van der Waals surface area contributed by atoms with Gasteiger partial charge in [0, 0.05) is 30.6 Å². The van der Waals surface area contributed by atoms with Gasteiger partial charge in [-0.2, -0.15) is 0 Å². The van der Waals surface area contributed by atoms with Gasteiger partial charge in [-0.1, -0.05) is 234 Å². The van der Waals surface area contributed by atoms with Crippen molar-refractivity contribution < 1.29 is 15.4 Å². The number of hydrogen-bond acceptors (Lipinski definition) is 2. The van der Waals surface area contributed by atoms with Crippen molar-refractivity contribution in [3.05, 3.63) is 285 Å². The number of rotatable bonds is 3. The summed E-state index contributed by atoms with van der Waals surface area (Å²) in [4.78, 5) is 0. The summed E-state index contributed by atoms with van der Waals surface area (Å²) in [5.41, 5.74) is 17.0. The van der Waals surface area contributed by atoms with Gasteiger partial charge in [0.25, 0.3) is 0 Å². The third-order valence-electron chi connectivity index (χ3n) is 17.4. The van der Waals surface area contributed by atoms with E-state index in [2.05, 4.69) is 260 Å². The van der Waals surface area contributed by atoms with Gasteiger partial charge in [-0.05, 0) is 210 Å². The average molecular weight is 1260 g/mol. The van der Waals surface area contributed by atoms with E-state index in [1.807, 2.05) is 18.2 Å². The van der Waals surface area contributed by atoms with Crippen molar-refractivity contribution in [1.29, 1.82) is 0 Å². The van der Waals surface area contributed by atoms with Crippen LogP contribution in [0.3, 0.4) is 0 Å². The lowest BCUT2D eigenvalue weighted by molar-refractivity contribution is 0.457. The number of alkyl halides is 1. The molecule has 0 aromatic heterocycles. The minimum Gasteiger partial charge on any atom is -0.537 e. The second kappa shape index (κ2) is 20.9. The molecule has 1 radical (unpaired) electrons. The summed E-state index contributed by atoms with van der Waals surface area (Å²) in [6, 6.07) is 83.2. The Morgan fingerprint density at radius 3 is 1.37 bits per heavy atom. The standard InChI is InChI=1S/C25H15Br.C25H14.C16H10BO2.C9H6Br2.CH3F/c26-25-19-7-2-1-4-18(19)14-22(25)20-12-10-17-9-8-15-5-3-6-16-11-13-21(20)24(17)23(15)16;1-2-7-18-16(4-1)12-20-19-11-10-15-9-8-14-5-3-6-17-13-21(24(18)20)25(19)23(15)22(14)17;18-17-19-14-9-7-12-5-4-10-2-1-3-11-6-8-13(14)16(12)15(10)11;10-8-5-6-3-1-2-4-7(6)9(8)11;1-2/h1-13H,14H2;1-11,13H,12H2;1-9,18H;1-4H,5H2;1H3/i;;;;1D. The summed E-state index contributed by atoms with van der Waals surface area (Å²) >= 11 is 10.9. The van der Waals surface area contributed by atoms with E-state index in [1.54, 1.807) is 0 Å². The van der Waals surface area contributed by atoms with E-state index in [-0.39, 0.29) is 0 Å². The van der Waals surface area contributed by atoms with E-state index in [9.17, 15) is 4.39 Å². The number of hydrogen-bond donors (Lipinski definition) is 1. The lowest BCUT2D eigenvalue weighted by Gasteiger charge is -2.15. The first-order valence-electron chi connectivity index (χ1n) is 28.4. The highest BCUT2D eigenvalue weighted by atomic mass is 79.9. The molecule has 4 aliphatic rings. The van der Waals surface area contributed by atoms with Crippen molar-refractivity contribution in [3.63, 3.8) is 0 Å². The lowest BCUT2D eigenvalue weighted by atomic mass is 9.88. The number of benzene rings is 15. The molecule has 395 valence electrons. The quantitative estimate of drug-likeness (QED) is 0.141. The fourth-order valence-electron chi connectivity index (χ4n) is 13.9. The Hall–Kier alpha value is -8.17. The van der Waals surface area contributed by atoms with Crippen LogP contribution in [0.1, 0.15) is 51.4 Å². The van der Waals surface area contributed by atoms with Crippen LogP contribution in [0.25, 0.3) is 123 Å². The first kappa shape index (κ1) is 50.6. The average Bonchev–Trinajstić information content (AvgIpc) is 1.57. The van der Waals surface area contributed by atoms with Crippen molar-refractivity contribution >= 4 is 178 Å². The molecule has 0 unspecified atom stereocenters. The summed E-state index contributed by atoms with van der Waals surface area (Å²) in [6.07, 6.45) is 3.07. The minimum atomic E-state index is -1.00. The molecule has 0 spiro atoms. The Morgan fingerprint density at radius 1 is 0.373 bits per heavy atom. The molecule has 0 amide bonds. The normalized spacial score (nSPS) is 13.8. The van der Waals surface area contributed by atoms with Gasteiger partial charge >= 0.3 is 7.69 Å². The van der Waals surface area contributed by atoms with Gasteiger partial charge in [0.05, 0.1) is 8.52 Å². The van der Waals surface area contributed by atoms with E-state index in [4.69, 9.17) is 11.0 Å². The van der Waals surface area contributed by atoms with Crippen molar-refractivity contribution in [2.45, 2.75) is 19.3 Å². The Kier molecular flexibility index (Phi) is 12.7. The predicted molar refractivity (Wildman–Crippen MR) is 363 cm³/mol. The van der Waals surface area contributed by atoms with Gasteiger partial charge in [0.1, 0.15) is 5.75 Å². The molecule has 0 heterocycles. The maximum atomic E-state index is 9.96. The second-order valence-corrected chi connectivity index (χ2v) is 24.2. The van der Waals surface area contributed by atoms with Crippen LogP contribution in [0.5, 0.6) is 5.75 Å². The molecule has 19 rings (SSSR count). The van der Waals surface area contributed by atoms with Crippen molar-refractivity contribution in [2.24, 2.45) is 0 Å². The molecular weight excluding hydrogens is 1210 g/mol. The highest BCUT2D eigenvalue weighted by molar-refractivity contribution is 9.16. The van der Waals surface area contributed by atoms with Crippen LogP contribution in [0.4, 0.5) is 4.39 Å². The molecule has 15 aromatic rings. The van der Waals surface area contributed by atoms with Crippen LogP contribution in [0.2, 0.25) is 0 Å². The summed E-state index contributed by atoms with van der Waals surface area (Å²) in [7, 11) is -0.272. The van der Waals surface area contributed by atoms with E-state index < -0.39 is 7.15 Å². The Bertz CT molecular complexity index is 5210. The molecular formula is C76H48BBr3FO2. The zero-order chi connectivity index (χ0) is 56.7. The number of fused-ring (bicyclic) bond motifs is 6. The van der Waals surface area contributed by atoms with Crippen LogP contribution in [0, 0.1) is 0 Å². The van der Waals surface area contributed by atoms with E-state index in [0.717, 1.165) is 32.3 Å². The molecule has 0 bridgehead atoms. The molecule has 1 N–H and O–H groups in total. The molecule has 7 heteroatoms. The third kappa shape index (κ3) is 8.33. The Labute approximate surface area is 507 Å². The van der Waals surface area contributed by atoms with Gasteiger partial charge < -0.3 is 9.68 Å². The van der Waals surface area contributed by atoms with Crippen molar-refractivity contribution in [1.82, 2.24) is 0 Å². The van der Waals surface area contributed by atoms with Gasteiger partial charge in [0.15, 0.2) is 0 Å². The van der Waals surface area contributed by atoms with Crippen molar-refractivity contribution in [3.8, 4) is 5.75 Å². The first-order chi connectivity index (χ1) is 41.3. The minimum absolute atomic E-state index is 0.674. The predicted octanol–water partition coefficient (Wildman–Crippen LogP) is 21.6. The summed E-state index contributed by atoms with van der Waals surface area (Å²) in [6.45, 7) is 0. The number of halogens is 4. The summed E-state index contributed by atoms with van der Waals surface area (Å²) in [5.74, 6) is 0.674. The SMILES string of the molecule is BrC1=C(Br)c2ccccc2C1.BrC1=C(c2ccc3ccc4cccc5ccc2c3c45)Cc2ccccc21.O[B]Oc1ccc2ccc3cccc4ccc1c2c34.[2H]CF.c1ccc2c(c1)CC1=C2c2cc3cccc4ccc5ccc1c2c5c43. The zero-order valence-electron chi connectivity index (χ0n) is 45.7. The van der Waals surface area contributed by atoms with Gasteiger partial charge in [-0.25, -0.2) is 0 Å². The van der Waals surface area contributed by atoms with E-state index >= 15 is 0 Å². The summed E-state index contributed by atoms with van der Waals surface area (Å²) < 4.78 is 24.4. The van der Waals surface area contributed by atoms with Gasteiger partial charge in [0.2, 0.25) is 0 Å². The van der Waals surface area contributed by atoms with E-state index in [1.165, 1.54) is 172 Å². The highest BCUT2D eigenvalue weighted by Gasteiger charge is 2.33. The smallest absolute Gasteiger partial charge is 0.537 e. The fourth-order valence-corrected chi connectivity index (χ4v) is 15.7. The molecule has 83 heavy (non-hydrogen) atoms. The molecule has 0 fully saturated rings. The van der Waals surface area contributed by atoms with Crippen LogP contribution in [0.15, 0.2) is 235 Å². The lowest BCUT2D eigenvalue weighted by Crippen LogP contribution is -2.00. The van der Waals surface area contributed by atoms with Gasteiger partial charge in [-0.3, -0.25) is 4.39 Å². The topological polar surface area (TPSA) is 29.5 Å². The molecule has 0 saturated heterocycles. The molecule has 4 aliphatic carbocycles. The van der Waals surface area contributed by atoms with Crippen LogP contribution >= 0.6 is 47.8 Å². The third-order valence-corrected chi connectivity index (χ3v) is 20.4. The van der Waals surface area contributed by atoms with Crippen molar-refractivity contribution in [2.75, 3.05) is 7.15 Å². The maximum Gasteiger partial charge on any atom is 0.569 e. The Balaban J connectivity index is 0.0000000972. The first-order valence-corrected chi connectivity index (χ1v) is 30.1. The Morgan fingerprint density at radius 2 is 0.795 bits per heavy atom. The molecule has 2 nitrogen and oxygen atoms in total. The second-order valence-electron chi connectivity index (χ2n) is 21.6. The maximum absolute atomic E-state index is 9.96. The fraction of sp³-hybridized carbons (Fsp3) is 0.0526. The molecule has 0 atom stereocenters. The zero-order valence-corrected chi connectivity index (χ0v) is 49.5.